The van der Waals surface area contributed by atoms with Crippen LogP contribution in [0.4, 0.5) is 0 Å². The predicted octanol–water partition coefficient (Wildman–Crippen LogP) is 3.32. The molecule has 1 aromatic rings. The van der Waals surface area contributed by atoms with Gasteiger partial charge in [-0.25, -0.2) is 0 Å². The van der Waals surface area contributed by atoms with Gasteiger partial charge in [-0.15, -0.1) is 0 Å². The lowest BCUT2D eigenvalue weighted by atomic mass is 9.69. The quantitative estimate of drug-likeness (QED) is 0.663. The van der Waals surface area contributed by atoms with Crippen molar-refractivity contribution in [3.8, 4) is 0 Å². The van der Waals surface area contributed by atoms with Gasteiger partial charge in [-0.3, -0.25) is 4.99 Å². The summed E-state index contributed by atoms with van der Waals surface area (Å²) in [5.41, 5.74) is 2.08. The summed E-state index contributed by atoms with van der Waals surface area (Å²) in [5.74, 6) is 3.69. The Labute approximate surface area is 139 Å². The maximum absolute atomic E-state index is 5.22. The summed E-state index contributed by atoms with van der Waals surface area (Å²) in [6.45, 7) is 4.64. The lowest BCUT2D eigenvalue weighted by molar-refractivity contribution is 0.150. The first-order chi connectivity index (χ1) is 11.2. The first kappa shape index (κ1) is 16.3. The lowest BCUT2D eigenvalue weighted by Crippen LogP contribution is -2.46. The first-order valence-electron chi connectivity index (χ1n) is 9.06. The Balaban J connectivity index is 1.51. The van der Waals surface area contributed by atoms with Crippen LogP contribution < -0.4 is 10.6 Å². The third kappa shape index (κ3) is 3.88. The van der Waals surface area contributed by atoms with E-state index >= 15 is 0 Å². The Morgan fingerprint density at radius 3 is 2.65 bits per heavy atom. The number of nitrogens with zero attached hydrogens (tertiary/aromatic N) is 2. The largest absolute Gasteiger partial charge is 0.361 e. The summed E-state index contributed by atoms with van der Waals surface area (Å²) >= 11 is 0. The monoisotopic (exact) mass is 318 g/mol. The van der Waals surface area contributed by atoms with Crippen LogP contribution in [0.3, 0.4) is 0 Å². The van der Waals surface area contributed by atoms with Crippen molar-refractivity contribution in [3.63, 3.8) is 0 Å². The molecule has 0 radical (unpaired) electrons. The van der Waals surface area contributed by atoms with Gasteiger partial charge in [0, 0.05) is 25.2 Å². The average Bonchev–Trinajstić information content (AvgIpc) is 2.90. The molecule has 2 aliphatic rings. The van der Waals surface area contributed by atoms with E-state index in [-0.39, 0.29) is 0 Å². The van der Waals surface area contributed by atoms with Crippen molar-refractivity contribution in [1.82, 2.24) is 15.8 Å². The highest BCUT2D eigenvalue weighted by molar-refractivity contribution is 5.80. The Kier molecular flexibility index (Phi) is 5.23. The van der Waals surface area contributed by atoms with Gasteiger partial charge in [-0.1, -0.05) is 30.8 Å². The molecule has 0 amide bonds. The first-order valence-corrected chi connectivity index (χ1v) is 9.06. The van der Waals surface area contributed by atoms with E-state index < -0.39 is 0 Å². The summed E-state index contributed by atoms with van der Waals surface area (Å²) in [6.07, 6.45) is 9.70. The number of aromatic nitrogens is 1. The molecule has 3 atom stereocenters. The van der Waals surface area contributed by atoms with Gasteiger partial charge >= 0.3 is 0 Å². The zero-order chi connectivity index (χ0) is 16.2. The van der Waals surface area contributed by atoms with E-state index in [9.17, 15) is 0 Å². The van der Waals surface area contributed by atoms with Crippen LogP contribution in [0.5, 0.6) is 0 Å². The van der Waals surface area contributed by atoms with E-state index in [0.29, 0.717) is 12.6 Å². The SMILES string of the molecule is CN=C(NCc1c(C)noc1C)NC1CCC2CCCCC2C1. The minimum Gasteiger partial charge on any atom is -0.361 e. The fraction of sp³-hybridized carbons (Fsp3) is 0.778. The molecular formula is C18H30N4O. The van der Waals surface area contributed by atoms with Gasteiger partial charge in [0.25, 0.3) is 0 Å². The topological polar surface area (TPSA) is 62.5 Å². The van der Waals surface area contributed by atoms with Crippen molar-refractivity contribution in [2.75, 3.05) is 7.05 Å². The number of rotatable bonds is 3. The molecule has 1 aromatic heterocycles. The molecule has 2 fully saturated rings. The molecular weight excluding hydrogens is 288 g/mol. The second-order valence-electron chi connectivity index (χ2n) is 7.19. The molecule has 0 saturated heterocycles. The van der Waals surface area contributed by atoms with Gasteiger partial charge in [-0.2, -0.15) is 0 Å². The zero-order valence-corrected chi connectivity index (χ0v) is 14.7. The number of fused-ring (bicyclic) bond motifs is 1. The highest BCUT2D eigenvalue weighted by Gasteiger charge is 2.32. The fourth-order valence-corrected chi connectivity index (χ4v) is 4.32. The summed E-state index contributed by atoms with van der Waals surface area (Å²) in [7, 11) is 1.84. The standard InChI is InChI=1S/C18H30N4O/c1-12-17(13(2)23-22-12)11-20-18(19-3)21-16-9-8-14-6-4-5-7-15(14)10-16/h14-16H,4-11H2,1-3H3,(H2,19,20,21). The van der Waals surface area contributed by atoms with E-state index in [4.69, 9.17) is 4.52 Å². The van der Waals surface area contributed by atoms with Crippen LogP contribution in [0.2, 0.25) is 0 Å². The van der Waals surface area contributed by atoms with Crippen LogP contribution >= 0.6 is 0 Å². The Morgan fingerprint density at radius 1 is 1.17 bits per heavy atom. The molecule has 3 rings (SSSR count). The van der Waals surface area contributed by atoms with Crippen molar-refractivity contribution < 1.29 is 4.52 Å². The van der Waals surface area contributed by atoms with Crippen LogP contribution in [0, 0.1) is 25.7 Å². The van der Waals surface area contributed by atoms with Gasteiger partial charge in [0.15, 0.2) is 5.96 Å². The molecule has 0 aliphatic heterocycles. The van der Waals surface area contributed by atoms with Crippen molar-refractivity contribution in [3.05, 3.63) is 17.0 Å². The van der Waals surface area contributed by atoms with Crippen molar-refractivity contribution in [2.24, 2.45) is 16.8 Å². The van der Waals surface area contributed by atoms with E-state index in [2.05, 4.69) is 20.8 Å². The van der Waals surface area contributed by atoms with Crippen LogP contribution in [0.1, 0.15) is 62.0 Å². The molecule has 5 nitrogen and oxygen atoms in total. The number of nitrogens with one attached hydrogen (secondary N) is 2. The van der Waals surface area contributed by atoms with Crippen molar-refractivity contribution in [2.45, 2.75) is 71.4 Å². The highest BCUT2D eigenvalue weighted by atomic mass is 16.5. The van der Waals surface area contributed by atoms with Gasteiger partial charge in [0.1, 0.15) is 5.76 Å². The summed E-state index contributed by atoms with van der Waals surface area (Å²) in [5, 5.41) is 11.0. The molecule has 0 bridgehead atoms. The molecule has 0 spiro atoms. The Hall–Kier alpha value is -1.52. The second kappa shape index (κ2) is 7.37. The van der Waals surface area contributed by atoms with E-state index in [1.165, 1.54) is 44.9 Å². The van der Waals surface area contributed by atoms with Gasteiger partial charge in [-0.05, 0) is 44.9 Å². The lowest BCUT2D eigenvalue weighted by Gasteiger charge is -2.39. The maximum atomic E-state index is 5.22. The smallest absolute Gasteiger partial charge is 0.191 e. The Morgan fingerprint density at radius 2 is 1.96 bits per heavy atom. The van der Waals surface area contributed by atoms with Gasteiger partial charge in [0.05, 0.1) is 5.69 Å². The van der Waals surface area contributed by atoms with E-state index in [0.717, 1.165) is 34.8 Å². The van der Waals surface area contributed by atoms with Crippen molar-refractivity contribution >= 4 is 5.96 Å². The third-order valence-electron chi connectivity index (χ3n) is 5.72. The molecule has 0 aromatic carbocycles. The van der Waals surface area contributed by atoms with E-state index in [1.54, 1.807) is 0 Å². The number of aryl methyl sites for hydroxylation is 2. The minimum atomic E-state index is 0.560. The van der Waals surface area contributed by atoms with Crippen molar-refractivity contribution in [1.29, 1.82) is 0 Å². The molecule has 1 heterocycles. The van der Waals surface area contributed by atoms with Crippen LogP contribution in [-0.2, 0) is 6.54 Å². The van der Waals surface area contributed by atoms with Gasteiger partial charge < -0.3 is 15.2 Å². The normalized spacial score (nSPS) is 28.3. The average molecular weight is 318 g/mol. The third-order valence-corrected chi connectivity index (χ3v) is 5.72. The van der Waals surface area contributed by atoms with Crippen LogP contribution in [0.25, 0.3) is 0 Å². The summed E-state index contributed by atoms with van der Waals surface area (Å²) in [4.78, 5) is 4.39. The molecule has 2 saturated carbocycles. The van der Waals surface area contributed by atoms with Crippen LogP contribution in [0.15, 0.2) is 9.52 Å². The molecule has 23 heavy (non-hydrogen) atoms. The zero-order valence-electron chi connectivity index (χ0n) is 14.7. The molecule has 2 aliphatic carbocycles. The molecule has 128 valence electrons. The predicted molar refractivity (Wildman–Crippen MR) is 92.4 cm³/mol. The molecule has 5 heteroatoms. The molecule has 2 N–H and O–H groups in total. The maximum Gasteiger partial charge on any atom is 0.191 e. The summed E-state index contributed by atoms with van der Waals surface area (Å²) in [6, 6.07) is 0.560. The minimum absolute atomic E-state index is 0.560. The summed E-state index contributed by atoms with van der Waals surface area (Å²) < 4.78 is 5.22. The Bertz CT molecular complexity index is 532. The number of aliphatic imine (C=N–C) groups is 1. The fourth-order valence-electron chi connectivity index (χ4n) is 4.32. The van der Waals surface area contributed by atoms with Gasteiger partial charge in [0.2, 0.25) is 0 Å². The number of hydrogen-bond donors (Lipinski definition) is 2. The molecule has 3 unspecified atom stereocenters. The van der Waals surface area contributed by atoms with Crippen LogP contribution in [-0.4, -0.2) is 24.2 Å². The number of guanidine groups is 1. The second-order valence-corrected chi connectivity index (χ2v) is 7.19. The highest BCUT2D eigenvalue weighted by Crippen LogP contribution is 2.40. The van der Waals surface area contributed by atoms with E-state index in [1.807, 2.05) is 20.9 Å². The number of hydrogen-bond acceptors (Lipinski definition) is 3.